The summed E-state index contributed by atoms with van der Waals surface area (Å²) in [5.41, 5.74) is 3.09. The van der Waals surface area contributed by atoms with Gasteiger partial charge in [0.25, 0.3) is 0 Å². The van der Waals surface area contributed by atoms with E-state index in [9.17, 15) is 0 Å². The highest BCUT2D eigenvalue weighted by molar-refractivity contribution is 6.44. The number of rotatable bonds is 6. The molecule has 1 aromatic carbocycles. The molecule has 0 saturated carbocycles. The molecule has 1 heterocycles. The summed E-state index contributed by atoms with van der Waals surface area (Å²) in [5, 5.41) is 9.46. The van der Waals surface area contributed by atoms with E-state index in [-0.39, 0.29) is 0 Å². The first-order valence-electron chi connectivity index (χ1n) is 6.83. The molecular formula is C15H18Cl3N3. The van der Waals surface area contributed by atoms with Crippen molar-refractivity contribution < 1.29 is 0 Å². The topological polar surface area (TPSA) is 29.9 Å². The molecule has 2 aromatic rings. The number of aryl methyl sites for hydroxylation is 3. The number of benzene rings is 1. The fourth-order valence-electron chi connectivity index (χ4n) is 2.20. The molecule has 0 bridgehead atoms. The third-order valence-corrected chi connectivity index (χ3v) is 4.47. The molecule has 0 saturated heterocycles. The number of hydrogen-bond donors (Lipinski definition) is 1. The van der Waals surface area contributed by atoms with Crippen molar-refractivity contribution in [1.29, 1.82) is 0 Å². The van der Waals surface area contributed by atoms with Crippen LogP contribution < -0.4 is 5.32 Å². The minimum Gasteiger partial charge on any atom is -0.312 e. The van der Waals surface area contributed by atoms with Gasteiger partial charge in [-0.15, -0.1) is 0 Å². The minimum absolute atomic E-state index is 0.523. The summed E-state index contributed by atoms with van der Waals surface area (Å²) in [6, 6.07) is 5.56. The van der Waals surface area contributed by atoms with Gasteiger partial charge in [-0.1, -0.05) is 34.8 Å². The van der Waals surface area contributed by atoms with Crippen molar-refractivity contribution in [2.24, 2.45) is 0 Å². The second kappa shape index (κ2) is 7.50. The maximum absolute atomic E-state index is 6.16. The molecule has 0 atom stereocenters. The molecule has 0 aliphatic rings. The van der Waals surface area contributed by atoms with Crippen molar-refractivity contribution in [1.82, 2.24) is 15.1 Å². The van der Waals surface area contributed by atoms with Crippen LogP contribution in [-0.4, -0.2) is 16.3 Å². The molecule has 1 N–H and O–H groups in total. The molecule has 0 aliphatic heterocycles. The molecule has 1 aromatic heterocycles. The quantitative estimate of drug-likeness (QED) is 0.610. The van der Waals surface area contributed by atoms with Crippen molar-refractivity contribution in [2.75, 3.05) is 6.54 Å². The molecule has 0 fully saturated rings. The smallest absolute Gasteiger partial charge is 0.0652 e. The monoisotopic (exact) mass is 345 g/mol. The van der Waals surface area contributed by atoms with E-state index in [2.05, 4.69) is 23.4 Å². The maximum Gasteiger partial charge on any atom is 0.0652 e. The van der Waals surface area contributed by atoms with E-state index in [1.807, 2.05) is 11.6 Å². The van der Waals surface area contributed by atoms with E-state index in [0.717, 1.165) is 30.8 Å². The number of hydrogen-bond acceptors (Lipinski definition) is 2. The van der Waals surface area contributed by atoms with Crippen LogP contribution in [0.25, 0.3) is 0 Å². The van der Waals surface area contributed by atoms with Crippen LogP contribution in [0.4, 0.5) is 0 Å². The molecule has 0 spiro atoms. The van der Waals surface area contributed by atoms with Crippen molar-refractivity contribution in [3.05, 3.63) is 50.2 Å². The predicted molar refractivity (Wildman–Crippen MR) is 89.5 cm³/mol. The summed E-state index contributed by atoms with van der Waals surface area (Å²) >= 11 is 18.3. The Morgan fingerprint density at radius 2 is 1.86 bits per heavy atom. The molecular weight excluding hydrogens is 329 g/mol. The van der Waals surface area contributed by atoms with Crippen LogP contribution in [0.3, 0.4) is 0 Å². The third kappa shape index (κ3) is 4.36. The first kappa shape index (κ1) is 16.6. The first-order chi connectivity index (χ1) is 9.99. The van der Waals surface area contributed by atoms with E-state index >= 15 is 0 Å². The zero-order chi connectivity index (χ0) is 15.4. The van der Waals surface area contributed by atoms with Gasteiger partial charge < -0.3 is 5.32 Å². The zero-order valence-electron chi connectivity index (χ0n) is 12.1. The van der Waals surface area contributed by atoms with Crippen LogP contribution in [0.15, 0.2) is 18.2 Å². The maximum atomic E-state index is 6.16. The summed E-state index contributed by atoms with van der Waals surface area (Å²) in [5.74, 6) is 0. The van der Waals surface area contributed by atoms with Crippen LogP contribution in [-0.2, 0) is 13.1 Å². The summed E-state index contributed by atoms with van der Waals surface area (Å²) in [6.07, 6.45) is 0.984. The SMILES string of the molecule is Cc1cc(C)n(CCCNCc2c(Cl)ccc(Cl)c2Cl)n1. The molecule has 0 unspecified atom stereocenters. The fraction of sp³-hybridized carbons (Fsp3) is 0.400. The van der Waals surface area contributed by atoms with Crippen molar-refractivity contribution in [2.45, 2.75) is 33.4 Å². The van der Waals surface area contributed by atoms with Gasteiger partial charge in [-0.05, 0) is 45.0 Å². The number of nitrogens with zero attached hydrogens (tertiary/aromatic N) is 2. The second-order valence-corrected chi connectivity index (χ2v) is 6.19. The van der Waals surface area contributed by atoms with Gasteiger partial charge in [0.2, 0.25) is 0 Å². The van der Waals surface area contributed by atoms with Crippen molar-refractivity contribution in [3.63, 3.8) is 0 Å². The molecule has 3 nitrogen and oxygen atoms in total. The van der Waals surface area contributed by atoms with Gasteiger partial charge >= 0.3 is 0 Å². The number of halogens is 3. The molecule has 0 amide bonds. The standard InChI is InChI=1S/C15H18Cl3N3/c1-10-8-11(2)21(20-10)7-3-6-19-9-12-13(16)4-5-14(17)15(12)18/h4-5,8,19H,3,6-7,9H2,1-2H3. The normalized spacial score (nSPS) is 11.1. The Kier molecular flexibility index (Phi) is 5.94. The molecule has 2 rings (SSSR count). The van der Waals surface area contributed by atoms with Gasteiger partial charge in [-0.25, -0.2) is 0 Å². The molecule has 6 heteroatoms. The minimum atomic E-state index is 0.523. The Bertz CT molecular complexity index is 623. The lowest BCUT2D eigenvalue weighted by Gasteiger charge is -2.10. The third-order valence-electron chi connectivity index (χ3n) is 3.27. The van der Waals surface area contributed by atoms with Gasteiger partial charge in [0, 0.05) is 29.4 Å². The summed E-state index contributed by atoms with van der Waals surface area (Å²) < 4.78 is 2.02. The van der Waals surface area contributed by atoms with E-state index in [1.54, 1.807) is 12.1 Å². The highest BCUT2D eigenvalue weighted by Gasteiger charge is 2.09. The Hall–Kier alpha value is -0.740. The zero-order valence-corrected chi connectivity index (χ0v) is 14.4. The largest absolute Gasteiger partial charge is 0.312 e. The van der Waals surface area contributed by atoms with Crippen LogP contribution in [0.5, 0.6) is 0 Å². The Balaban J connectivity index is 1.80. The lowest BCUT2D eigenvalue weighted by molar-refractivity contribution is 0.532. The van der Waals surface area contributed by atoms with Gasteiger partial charge in [0.1, 0.15) is 0 Å². The summed E-state index contributed by atoms with van der Waals surface area (Å²) in [6.45, 7) is 6.43. The molecule has 0 aliphatic carbocycles. The van der Waals surface area contributed by atoms with E-state index in [0.29, 0.717) is 21.6 Å². The molecule has 0 radical (unpaired) electrons. The average Bonchev–Trinajstić information content (AvgIpc) is 2.76. The Morgan fingerprint density at radius 3 is 2.52 bits per heavy atom. The van der Waals surface area contributed by atoms with Gasteiger partial charge in [-0.3, -0.25) is 4.68 Å². The van der Waals surface area contributed by atoms with Crippen molar-refractivity contribution in [3.8, 4) is 0 Å². The average molecular weight is 347 g/mol. The van der Waals surface area contributed by atoms with E-state index < -0.39 is 0 Å². The summed E-state index contributed by atoms with van der Waals surface area (Å²) in [4.78, 5) is 0. The highest BCUT2D eigenvalue weighted by Crippen LogP contribution is 2.31. The van der Waals surface area contributed by atoms with Gasteiger partial charge in [0.05, 0.1) is 15.7 Å². The molecule has 21 heavy (non-hydrogen) atoms. The van der Waals surface area contributed by atoms with Crippen LogP contribution in [0.1, 0.15) is 23.4 Å². The number of aromatic nitrogens is 2. The number of nitrogens with one attached hydrogen (secondary N) is 1. The van der Waals surface area contributed by atoms with E-state index in [4.69, 9.17) is 34.8 Å². The van der Waals surface area contributed by atoms with Crippen LogP contribution in [0, 0.1) is 13.8 Å². The van der Waals surface area contributed by atoms with Gasteiger partial charge in [-0.2, -0.15) is 5.10 Å². The Morgan fingerprint density at radius 1 is 1.14 bits per heavy atom. The van der Waals surface area contributed by atoms with Crippen LogP contribution >= 0.6 is 34.8 Å². The lowest BCUT2D eigenvalue weighted by atomic mass is 10.2. The predicted octanol–water partition coefficient (Wildman–Crippen LogP) is 4.64. The van der Waals surface area contributed by atoms with Crippen LogP contribution in [0.2, 0.25) is 15.1 Å². The Labute approximate surface area is 140 Å². The van der Waals surface area contributed by atoms with E-state index in [1.165, 1.54) is 5.69 Å². The fourth-order valence-corrected chi connectivity index (χ4v) is 2.88. The lowest BCUT2D eigenvalue weighted by Crippen LogP contribution is -2.17. The first-order valence-corrected chi connectivity index (χ1v) is 7.96. The summed E-state index contributed by atoms with van der Waals surface area (Å²) in [7, 11) is 0. The second-order valence-electron chi connectivity index (χ2n) is 5.00. The highest BCUT2D eigenvalue weighted by atomic mass is 35.5. The van der Waals surface area contributed by atoms with Gasteiger partial charge in [0.15, 0.2) is 0 Å². The molecule has 114 valence electrons. The van der Waals surface area contributed by atoms with Crippen molar-refractivity contribution >= 4 is 34.8 Å².